The summed E-state index contributed by atoms with van der Waals surface area (Å²) in [6, 6.07) is 1.18. The molecule has 0 aromatic carbocycles. The summed E-state index contributed by atoms with van der Waals surface area (Å²) in [4.78, 5) is 24.1. The lowest BCUT2D eigenvalue weighted by molar-refractivity contribution is -0.0718. The highest BCUT2D eigenvalue weighted by molar-refractivity contribution is 7.48. The molecule has 23 heavy (non-hydrogen) atoms. The topological polar surface area (TPSA) is 109 Å². The number of alkyl halides is 1. The zero-order valence-electron chi connectivity index (χ0n) is 12.4. The van der Waals surface area contributed by atoms with Gasteiger partial charge in [0.1, 0.15) is 17.1 Å². The Morgan fingerprint density at radius 3 is 2.96 bits per heavy atom. The molecule has 3 heterocycles. The summed E-state index contributed by atoms with van der Waals surface area (Å²) in [6.07, 6.45) is -1.07. The Labute approximate surface area is 136 Å². The first kappa shape index (κ1) is 16.9. The highest BCUT2D eigenvalue weighted by Gasteiger charge is 2.60. The molecule has 1 aromatic heterocycles. The van der Waals surface area contributed by atoms with Crippen LogP contribution in [0.4, 0.5) is 0 Å². The number of aromatic amines is 1. The van der Waals surface area contributed by atoms with E-state index < -0.39 is 42.4 Å². The van der Waals surface area contributed by atoms with Crippen LogP contribution >= 0.6 is 19.4 Å². The van der Waals surface area contributed by atoms with Crippen LogP contribution in [0.2, 0.25) is 0 Å². The average molecular weight is 367 g/mol. The monoisotopic (exact) mass is 366 g/mol. The van der Waals surface area contributed by atoms with Crippen LogP contribution in [0.5, 0.6) is 0 Å². The van der Waals surface area contributed by atoms with E-state index >= 15 is 0 Å². The van der Waals surface area contributed by atoms with E-state index in [4.69, 9.17) is 29.9 Å². The minimum absolute atomic E-state index is 0.0428. The number of nitrogens with one attached hydrogen (secondary N) is 1. The largest absolute Gasteiger partial charge is 0.475 e. The van der Waals surface area contributed by atoms with Gasteiger partial charge in [0.15, 0.2) is 6.23 Å². The number of hydrogen-bond acceptors (Lipinski definition) is 7. The molecule has 1 N–H and O–H groups in total. The van der Waals surface area contributed by atoms with Gasteiger partial charge in [0, 0.05) is 12.3 Å². The van der Waals surface area contributed by atoms with Crippen LogP contribution < -0.4 is 11.2 Å². The Kier molecular flexibility index (Phi) is 4.29. The van der Waals surface area contributed by atoms with E-state index in [9.17, 15) is 14.2 Å². The lowest BCUT2D eigenvalue weighted by Crippen LogP contribution is -2.45. The lowest BCUT2D eigenvalue weighted by atomic mass is 10.0. The molecule has 11 heteroatoms. The van der Waals surface area contributed by atoms with Gasteiger partial charge < -0.3 is 4.74 Å². The Morgan fingerprint density at radius 2 is 2.30 bits per heavy atom. The van der Waals surface area contributed by atoms with Crippen LogP contribution in [0.25, 0.3) is 0 Å². The van der Waals surface area contributed by atoms with Gasteiger partial charge in [0.25, 0.3) is 5.56 Å². The summed E-state index contributed by atoms with van der Waals surface area (Å²) in [5.41, 5.74) is -1.19. The van der Waals surface area contributed by atoms with Crippen LogP contribution in [0.3, 0.4) is 0 Å². The van der Waals surface area contributed by atoms with Crippen molar-refractivity contribution >= 4 is 19.4 Å². The van der Waals surface area contributed by atoms with E-state index in [1.807, 2.05) is 0 Å². The number of H-pyrrole nitrogens is 1. The second-order valence-corrected chi connectivity index (χ2v) is 7.82. The van der Waals surface area contributed by atoms with Crippen LogP contribution in [-0.2, 0) is 22.9 Å². The van der Waals surface area contributed by atoms with Crippen molar-refractivity contribution in [3.05, 3.63) is 33.1 Å². The number of rotatable bonds is 3. The lowest BCUT2D eigenvalue weighted by Gasteiger charge is -2.34. The van der Waals surface area contributed by atoms with E-state index in [1.165, 1.54) is 12.3 Å². The van der Waals surface area contributed by atoms with Crippen LogP contribution in [0.15, 0.2) is 21.9 Å². The quantitative estimate of drug-likeness (QED) is 0.627. The number of phosphoric acid groups is 1. The predicted octanol–water partition coefficient (Wildman–Crippen LogP) is 0.991. The van der Waals surface area contributed by atoms with Crippen molar-refractivity contribution in [1.82, 2.24) is 9.55 Å². The minimum Gasteiger partial charge on any atom is -0.347 e. The highest BCUT2D eigenvalue weighted by Crippen LogP contribution is 2.59. The number of ether oxygens (including phenoxy) is 1. The molecule has 9 nitrogen and oxygen atoms in total. The first-order valence-corrected chi connectivity index (χ1v) is 8.84. The molecular weight excluding hydrogens is 351 g/mol. The van der Waals surface area contributed by atoms with Gasteiger partial charge in [0.05, 0.1) is 13.2 Å². The fraction of sp³-hybridized carbons (Fsp3) is 0.667. The molecule has 3 rings (SSSR count). The third-order valence-electron chi connectivity index (χ3n) is 3.71. The molecule has 0 unspecified atom stereocenters. The molecule has 0 radical (unpaired) electrons. The minimum atomic E-state index is -3.71. The summed E-state index contributed by atoms with van der Waals surface area (Å²) in [6.45, 7) is 3.37. The van der Waals surface area contributed by atoms with Crippen molar-refractivity contribution in [1.29, 1.82) is 0 Å². The third kappa shape index (κ3) is 2.93. The molecule has 0 amide bonds. The number of fused-ring (bicyclic) bond motifs is 1. The van der Waals surface area contributed by atoms with Gasteiger partial charge in [0.2, 0.25) is 0 Å². The number of hydrogen-bond donors (Lipinski definition) is 1. The molecule has 0 bridgehead atoms. The Bertz CT molecular complexity index is 760. The van der Waals surface area contributed by atoms with Gasteiger partial charge in [-0.25, -0.2) is 9.36 Å². The number of aromatic nitrogens is 2. The van der Waals surface area contributed by atoms with Gasteiger partial charge in [-0.05, 0) is 13.8 Å². The van der Waals surface area contributed by atoms with E-state index in [-0.39, 0.29) is 13.2 Å². The van der Waals surface area contributed by atoms with Gasteiger partial charge in [-0.2, -0.15) is 0 Å². The molecule has 0 aliphatic carbocycles. The van der Waals surface area contributed by atoms with Crippen molar-refractivity contribution in [3.63, 3.8) is 0 Å². The molecule has 5 atom stereocenters. The zero-order valence-corrected chi connectivity index (χ0v) is 14.1. The Hall–Kier alpha value is -0.960. The predicted molar refractivity (Wildman–Crippen MR) is 79.5 cm³/mol. The van der Waals surface area contributed by atoms with Crippen molar-refractivity contribution in [3.8, 4) is 0 Å². The number of nitrogens with zero attached hydrogens (tertiary/aromatic N) is 1. The molecule has 0 saturated carbocycles. The van der Waals surface area contributed by atoms with Gasteiger partial charge in [-0.3, -0.25) is 27.9 Å². The normalized spacial score (nSPS) is 40.0. The second kappa shape index (κ2) is 5.84. The first-order chi connectivity index (χ1) is 10.8. The molecular formula is C12H16ClN2O7P. The first-order valence-electron chi connectivity index (χ1n) is 7.00. The highest BCUT2D eigenvalue weighted by atomic mass is 35.5. The molecule has 128 valence electrons. The summed E-state index contributed by atoms with van der Waals surface area (Å²) in [7, 11) is -3.71. The third-order valence-corrected chi connectivity index (χ3v) is 5.64. The maximum absolute atomic E-state index is 12.3. The maximum atomic E-state index is 12.3. The van der Waals surface area contributed by atoms with Crippen LogP contribution in [0, 0.1) is 0 Å². The maximum Gasteiger partial charge on any atom is 0.475 e. The molecule has 2 aliphatic heterocycles. The van der Waals surface area contributed by atoms with Gasteiger partial charge in [-0.1, -0.05) is 0 Å². The van der Waals surface area contributed by atoms with Crippen molar-refractivity contribution in [2.24, 2.45) is 0 Å². The van der Waals surface area contributed by atoms with Gasteiger partial charge in [-0.15, -0.1) is 11.6 Å². The second-order valence-electron chi connectivity index (χ2n) is 5.38. The SMILES string of the molecule is CCO[P@]1(=O)OC[C@H]2O[C@@H](n3ccc(=O)[nH]c3=O)[C@](C)(Cl)[C@@H]2O1. The Morgan fingerprint density at radius 1 is 1.57 bits per heavy atom. The Balaban J connectivity index is 1.94. The summed E-state index contributed by atoms with van der Waals surface area (Å²) >= 11 is 6.55. The molecule has 0 spiro atoms. The van der Waals surface area contributed by atoms with E-state index in [1.54, 1.807) is 13.8 Å². The zero-order chi connectivity index (χ0) is 16.8. The summed E-state index contributed by atoms with van der Waals surface area (Å²) in [5, 5.41) is 0. The standard InChI is InChI=1S/C12H16ClN2O7P/c1-3-19-23(18)20-6-7-9(22-23)12(2,13)10(21-7)15-5-4-8(16)14-11(15)17/h4-5,7,9-10H,3,6H2,1-2H3,(H,14,16,17)/t7-,9-,10-,12-,23-/m1/s1. The van der Waals surface area contributed by atoms with Crippen molar-refractivity contribution in [2.45, 2.75) is 37.2 Å². The smallest absolute Gasteiger partial charge is 0.347 e. The van der Waals surface area contributed by atoms with Gasteiger partial charge >= 0.3 is 13.5 Å². The van der Waals surface area contributed by atoms with Crippen LogP contribution in [-0.4, -0.2) is 39.8 Å². The van der Waals surface area contributed by atoms with Crippen molar-refractivity contribution in [2.75, 3.05) is 13.2 Å². The fourth-order valence-corrected chi connectivity index (χ4v) is 4.56. The molecule has 2 saturated heterocycles. The van der Waals surface area contributed by atoms with E-state index in [0.717, 1.165) is 4.57 Å². The summed E-state index contributed by atoms with van der Waals surface area (Å²) in [5.74, 6) is 0. The van der Waals surface area contributed by atoms with Crippen molar-refractivity contribution < 1.29 is 22.9 Å². The number of phosphoric ester groups is 1. The average Bonchev–Trinajstić information content (AvgIpc) is 2.71. The fourth-order valence-electron chi connectivity index (χ4n) is 2.68. The van der Waals surface area contributed by atoms with E-state index in [0.29, 0.717) is 0 Å². The molecule has 2 aliphatic rings. The summed E-state index contributed by atoms with van der Waals surface area (Å²) < 4.78 is 34.8. The van der Waals surface area contributed by atoms with E-state index in [2.05, 4.69) is 4.98 Å². The van der Waals surface area contributed by atoms with Crippen LogP contribution in [0.1, 0.15) is 20.1 Å². The molecule has 1 aromatic rings. The molecule has 2 fully saturated rings. The number of halogens is 1.